The first kappa shape index (κ1) is 23.3. The van der Waals surface area contributed by atoms with E-state index in [-0.39, 0.29) is 24.9 Å². The van der Waals surface area contributed by atoms with Gasteiger partial charge in [-0.05, 0) is 53.9 Å². The van der Waals surface area contributed by atoms with E-state index in [0.29, 0.717) is 29.2 Å². The smallest absolute Gasteiger partial charge is 0.471 e. The van der Waals surface area contributed by atoms with E-state index in [9.17, 15) is 18.0 Å². The standard InChI is InChI=1S/C23H18F3N3O4S/c24-23(25,26)22-28-20(29-33-22)15-6-8-17(9-7-15)31-11-10-27-21(30)16-3-1-4-18(13-16)32-14-19-5-2-12-34-19/h1-9,12-13H,10-11,14H2,(H,27,30). The normalized spacial score (nSPS) is 11.3. The second-order valence-corrected chi connectivity index (χ2v) is 7.98. The van der Waals surface area contributed by atoms with Gasteiger partial charge in [0.25, 0.3) is 5.91 Å². The van der Waals surface area contributed by atoms with Crippen molar-refractivity contribution in [2.24, 2.45) is 0 Å². The lowest BCUT2D eigenvalue weighted by molar-refractivity contribution is -0.159. The molecule has 4 rings (SSSR count). The number of nitrogens with zero attached hydrogens (tertiary/aromatic N) is 2. The van der Waals surface area contributed by atoms with Crippen molar-refractivity contribution in [1.82, 2.24) is 15.5 Å². The fourth-order valence-electron chi connectivity index (χ4n) is 2.87. The zero-order valence-electron chi connectivity index (χ0n) is 17.5. The molecule has 7 nitrogen and oxygen atoms in total. The lowest BCUT2D eigenvalue weighted by Gasteiger charge is -2.09. The Morgan fingerprint density at radius 2 is 1.85 bits per heavy atom. The van der Waals surface area contributed by atoms with E-state index >= 15 is 0 Å². The third kappa shape index (κ3) is 6.13. The molecule has 2 aromatic heterocycles. The van der Waals surface area contributed by atoms with Gasteiger partial charge in [-0.3, -0.25) is 4.79 Å². The van der Waals surface area contributed by atoms with Crippen molar-refractivity contribution in [3.63, 3.8) is 0 Å². The van der Waals surface area contributed by atoms with Crippen molar-refractivity contribution in [3.05, 3.63) is 82.4 Å². The molecule has 0 aliphatic carbocycles. The molecule has 1 N–H and O–H groups in total. The van der Waals surface area contributed by atoms with Crippen molar-refractivity contribution in [3.8, 4) is 22.9 Å². The Hall–Kier alpha value is -3.86. The van der Waals surface area contributed by atoms with Gasteiger partial charge in [0.2, 0.25) is 5.82 Å². The highest BCUT2D eigenvalue weighted by Gasteiger charge is 2.38. The minimum Gasteiger partial charge on any atom is -0.492 e. The predicted octanol–water partition coefficient (Wildman–Crippen LogP) is 5.20. The van der Waals surface area contributed by atoms with Crippen molar-refractivity contribution < 1.29 is 32.0 Å². The molecule has 0 spiro atoms. The Bertz CT molecular complexity index is 1230. The largest absolute Gasteiger partial charge is 0.492 e. The van der Waals surface area contributed by atoms with E-state index in [4.69, 9.17) is 9.47 Å². The van der Waals surface area contributed by atoms with E-state index in [1.54, 1.807) is 47.7 Å². The van der Waals surface area contributed by atoms with Crippen LogP contribution >= 0.6 is 11.3 Å². The number of rotatable bonds is 9. The van der Waals surface area contributed by atoms with E-state index < -0.39 is 12.1 Å². The van der Waals surface area contributed by atoms with E-state index in [2.05, 4.69) is 20.0 Å². The average molecular weight is 489 g/mol. The van der Waals surface area contributed by atoms with E-state index in [1.165, 1.54) is 12.1 Å². The van der Waals surface area contributed by atoms with Gasteiger partial charge in [0, 0.05) is 16.0 Å². The SMILES string of the molecule is O=C(NCCOc1ccc(-c2noc(C(F)(F)F)n2)cc1)c1cccc(OCc2cccs2)c1. The molecule has 0 fully saturated rings. The maximum absolute atomic E-state index is 12.6. The molecule has 0 saturated heterocycles. The number of hydrogen-bond acceptors (Lipinski definition) is 7. The topological polar surface area (TPSA) is 86.5 Å². The Balaban J connectivity index is 1.23. The Labute approximate surface area is 196 Å². The molecule has 176 valence electrons. The summed E-state index contributed by atoms with van der Waals surface area (Å²) in [5.41, 5.74) is 0.812. The number of halogens is 3. The summed E-state index contributed by atoms with van der Waals surface area (Å²) in [6.07, 6.45) is -4.70. The Morgan fingerprint density at radius 1 is 1.03 bits per heavy atom. The fraction of sp³-hybridized carbons (Fsp3) is 0.174. The number of benzene rings is 2. The van der Waals surface area contributed by atoms with Crippen LogP contribution in [0.1, 0.15) is 21.1 Å². The number of thiophene rings is 1. The second-order valence-electron chi connectivity index (χ2n) is 6.95. The molecule has 0 aliphatic rings. The van der Waals surface area contributed by atoms with Gasteiger partial charge in [-0.25, -0.2) is 0 Å². The Kier molecular flexibility index (Phi) is 7.12. The quantitative estimate of drug-likeness (QED) is 0.325. The number of amides is 1. The molecule has 1 amide bonds. The zero-order valence-corrected chi connectivity index (χ0v) is 18.4. The van der Waals surface area contributed by atoms with Gasteiger partial charge >= 0.3 is 12.1 Å². The molecule has 0 saturated carbocycles. The number of aromatic nitrogens is 2. The zero-order chi connectivity index (χ0) is 24.0. The van der Waals surface area contributed by atoms with Gasteiger partial charge in [0.05, 0.1) is 6.54 Å². The predicted molar refractivity (Wildman–Crippen MR) is 118 cm³/mol. The van der Waals surface area contributed by atoms with Crippen LogP contribution in [0.4, 0.5) is 13.2 Å². The number of carbonyl (C=O) groups excluding carboxylic acids is 1. The summed E-state index contributed by atoms with van der Waals surface area (Å²) in [4.78, 5) is 16.8. The molecule has 11 heteroatoms. The first-order valence-electron chi connectivity index (χ1n) is 10.1. The molecule has 2 heterocycles. The second kappa shape index (κ2) is 10.4. The van der Waals surface area contributed by atoms with Crippen LogP contribution in [0.15, 0.2) is 70.6 Å². The van der Waals surface area contributed by atoms with Crippen LogP contribution < -0.4 is 14.8 Å². The number of ether oxygens (including phenoxy) is 2. The van der Waals surface area contributed by atoms with Crippen molar-refractivity contribution in [2.45, 2.75) is 12.8 Å². The van der Waals surface area contributed by atoms with Crippen LogP contribution in [0.2, 0.25) is 0 Å². The van der Waals surface area contributed by atoms with Crippen LogP contribution in [0.5, 0.6) is 11.5 Å². The van der Waals surface area contributed by atoms with Crippen molar-refractivity contribution in [2.75, 3.05) is 13.2 Å². The van der Waals surface area contributed by atoms with E-state index in [0.717, 1.165) is 4.88 Å². The van der Waals surface area contributed by atoms with Crippen LogP contribution in [-0.2, 0) is 12.8 Å². The lowest BCUT2D eigenvalue weighted by atomic mass is 10.2. The molecule has 0 atom stereocenters. The number of hydrogen-bond donors (Lipinski definition) is 1. The summed E-state index contributed by atoms with van der Waals surface area (Å²) in [6, 6.07) is 17.0. The summed E-state index contributed by atoms with van der Waals surface area (Å²) >= 11 is 1.60. The van der Waals surface area contributed by atoms with Gasteiger partial charge in [0.15, 0.2) is 0 Å². The van der Waals surface area contributed by atoms with Crippen molar-refractivity contribution in [1.29, 1.82) is 0 Å². The highest BCUT2D eigenvalue weighted by atomic mass is 32.1. The summed E-state index contributed by atoms with van der Waals surface area (Å²) in [7, 11) is 0. The molecule has 0 aliphatic heterocycles. The average Bonchev–Trinajstić information content (AvgIpc) is 3.53. The number of alkyl halides is 3. The van der Waals surface area contributed by atoms with Crippen LogP contribution in [-0.4, -0.2) is 29.2 Å². The maximum atomic E-state index is 12.6. The summed E-state index contributed by atoms with van der Waals surface area (Å²) in [6.45, 7) is 0.881. The molecular formula is C23H18F3N3O4S. The maximum Gasteiger partial charge on any atom is 0.471 e. The van der Waals surface area contributed by atoms with E-state index in [1.807, 2.05) is 17.5 Å². The van der Waals surface area contributed by atoms with Gasteiger partial charge in [-0.2, -0.15) is 18.2 Å². The van der Waals surface area contributed by atoms with Crippen LogP contribution in [0, 0.1) is 0 Å². The summed E-state index contributed by atoms with van der Waals surface area (Å²) in [5, 5.41) is 8.07. The van der Waals surface area contributed by atoms with Gasteiger partial charge in [0.1, 0.15) is 24.7 Å². The number of carbonyl (C=O) groups is 1. The molecule has 4 aromatic rings. The fourth-order valence-corrected chi connectivity index (χ4v) is 3.48. The van der Waals surface area contributed by atoms with Gasteiger partial charge in [-0.1, -0.05) is 17.3 Å². The van der Waals surface area contributed by atoms with Gasteiger partial charge in [-0.15, -0.1) is 11.3 Å². The molecule has 0 radical (unpaired) electrons. The summed E-state index contributed by atoms with van der Waals surface area (Å²) in [5.74, 6) is -0.771. The third-order valence-corrected chi connectivity index (χ3v) is 5.34. The van der Waals surface area contributed by atoms with Crippen LogP contribution in [0.3, 0.4) is 0 Å². The molecule has 2 aromatic carbocycles. The van der Waals surface area contributed by atoms with Crippen molar-refractivity contribution >= 4 is 17.2 Å². The van der Waals surface area contributed by atoms with Gasteiger partial charge < -0.3 is 19.3 Å². The molecule has 0 bridgehead atoms. The number of nitrogens with one attached hydrogen (secondary N) is 1. The third-order valence-electron chi connectivity index (χ3n) is 4.49. The minimum absolute atomic E-state index is 0.173. The first-order valence-corrected chi connectivity index (χ1v) is 10.9. The highest BCUT2D eigenvalue weighted by molar-refractivity contribution is 7.09. The lowest BCUT2D eigenvalue weighted by Crippen LogP contribution is -2.28. The molecule has 34 heavy (non-hydrogen) atoms. The summed E-state index contributed by atoms with van der Waals surface area (Å²) < 4.78 is 53.2. The molecule has 0 unspecified atom stereocenters. The minimum atomic E-state index is -4.70. The first-order chi connectivity index (χ1) is 16.4. The molecular weight excluding hydrogens is 471 g/mol. The monoisotopic (exact) mass is 489 g/mol. The van der Waals surface area contributed by atoms with Crippen LogP contribution in [0.25, 0.3) is 11.4 Å². The highest BCUT2D eigenvalue weighted by Crippen LogP contribution is 2.29. The Morgan fingerprint density at radius 3 is 2.56 bits per heavy atom.